The topological polar surface area (TPSA) is 95.7 Å². The number of nitrogens with one attached hydrogen (secondary N) is 1. The fourth-order valence-corrected chi connectivity index (χ4v) is 4.12. The van der Waals surface area contributed by atoms with E-state index < -0.39 is 15.9 Å². The third kappa shape index (κ3) is 4.22. The number of hydrogen-bond acceptors (Lipinski definition) is 4. The number of piperazine rings is 1. The Kier molecular flexibility index (Phi) is 6.14. The number of carbonyl (C=O) groups is 1. The molecule has 1 fully saturated rings. The first-order chi connectivity index (χ1) is 11.4. The van der Waals surface area contributed by atoms with Crippen LogP contribution in [-0.2, 0) is 10.0 Å². The predicted octanol–water partition coefficient (Wildman–Crippen LogP) is 0.376. The van der Waals surface area contributed by atoms with E-state index in [0.29, 0.717) is 31.3 Å². The molecular weight excluding hydrogens is 348 g/mol. The van der Waals surface area contributed by atoms with E-state index in [1.54, 1.807) is 0 Å². The molecule has 132 valence electrons. The lowest BCUT2D eigenvalue weighted by atomic mass is 10.2. The number of amides is 1. The first-order valence-electron chi connectivity index (χ1n) is 7.79. The highest BCUT2D eigenvalue weighted by molar-refractivity contribution is 7.89. The lowest BCUT2D eigenvalue weighted by Crippen LogP contribution is -2.53. The first kappa shape index (κ1) is 18.6. The molecular formula is C15H22N4O3S2. The number of nitrogens with zero attached hydrogens (tertiary/aromatic N) is 2. The van der Waals surface area contributed by atoms with Gasteiger partial charge in [-0.1, -0.05) is 6.92 Å². The predicted molar refractivity (Wildman–Crippen MR) is 96.2 cm³/mol. The van der Waals surface area contributed by atoms with Crippen molar-refractivity contribution in [2.75, 3.05) is 32.7 Å². The van der Waals surface area contributed by atoms with Crippen LogP contribution in [0.1, 0.15) is 23.7 Å². The van der Waals surface area contributed by atoms with Crippen molar-refractivity contribution in [2.45, 2.75) is 18.2 Å². The van der Waals surface area contributed by atoms with Crippen LogP contribution in [0, 0.1) is 0 Å². The van der Waals surface area contributed by atoms with Gasteiger partial charge < -0.3 is 16.0 Å². The summed E-state index contributed by atoms with van der Waals surface area (Å²) in [7, 11) is -3.58. The average molecular weight is 371 g/mol. The quantitative estimate of drug-likeness (QED) is 0.728. The summed E-state index contributed by atoms with van der Waals surface area (Å²) in [5, 5.41) is 3.82. The van der Waals surface area contributed by atoms with Crippen molar-refractivity contribution in [3.05, 3.63) is 29.8 Å². The zero-order chi connectivity index (χ0) is 17.7. The van der Waals surface area contributed by atoms with Gasteiger partial charge in [-0.15, -0.1) is 0 Å². The Labute approximate surface area is 147 Å². The minimum Gasteiger partial charge on any atom is -0.366 e. The smallest absolute Gasteiger partial charge is 0.248 e. The van der Waals surface area contributed by atoms with Crippen LogP contribution < -0.4 is 11.1 Å². The Balaban J connectivity index is 2.02. The van der Waals surface area contributed by atoms with Gasteiger partial charge in [0.05, 0.1) is 4.90 Å². The van der Waals surface area contributed by atoms with Gasteiger partial charge in [0.1, 0.15) is 0 Å². The maximum Gasteiger partial charge on any atom is 0.248 e. The van der Waals surface area contributed by atoms with E-state index in [2.05, 4.69) is 12.2 Å². The molecule has 2 rings (SSSR count). The number of nitrogens with two attached hydrogens (primary N) is 1. The van der Waals surface area contributed by atoms with Crippen LogP contribution in [0.4, 0.5) is 0 Å². The fraction of sp³-hybridized carbons (Fsp3) is 0.467. The molecule has 0 saturated carbocycles. The van der Waals surface area contributed by atoms with Gasteiger partial charge in [-0.3, -0.25) is 4.79 Å². The van der Waals surface area contributed by atoms with E-state index in [1.165, 1.54) is 28.6 Å². The van der Waals surface area contributed by atoms with Crippen LogP contribution in [0.3, 0.4) is 0 Å². The summed E-state index contributed by atoms with van der Waals surface area (Å²) in [6.45, 7) is 4.71. The zero-order valence-corrected chi connectivity index (χ0v) is 15.2. The van der Waals surface area contributed by atoms with Gasteiger partial charge in [0.2, 0.25) is 15.9 Å². The molecule has 0 aliphatic carbocycles. The third-order valence-electron chi connectivity index (χ3n) is 3.83. The lowest BCUT2D eigenvalue weighted by Gasteiger charge is -2.35. The molecule has 1 aromatic carbocycles. The second-order valence-corrected chi connectivity index (χ2v) is 7.84. The van der Waals surface area contributed by atoms with Crippen LogP contribution in [0.5, 0.6) is 0 Å². The molecule has 1 heterocycles. The highest BCUT2D eigenvalue weighted by Gasteiger charge is 2.29. The van der Waals surface area contributed by atoms with Crippen molar-refractivity contribution in [1.82, 2.24) is 14.5 Å². The van der Waals surface area contributed by atoms with E-state index in [9.17, 15) is 13.2 Å². The summed E-state index contributed by atoms with van der Waals surface area (Å²) >= 11 is 5.31. The Bertz CT molecular complexity index is 696. The van der Waals surface area contributed by atoms with Gasteiger partial charge in [0, 0.05) is 38.3 Å². The maximum absolute atomic E-state index is 12.7. The average Bonchev–Trinajstić information content (AvgIpc) is 2.59. The number of hydrogen-bond donors (Lipinski definition) is 2. The molecule has 1 aliphatic rings. The number of rotatable bonds is 5. The zero-order valence-electron chi connectivity index (χ0n) is 13.6. The minimum atomic E-state index is -3.58. The molecule has 1 aromatic rings. The molecule has 1 aliphatic heterocycles. The van der Waals surface area contributed by atoms with Gasteiger partial charge >= 0.3 is 0 Å². The van der Waals surface area contributed by atoms with Crippen LogP contribution >= 0.6 is 12.2 Å². The Morgan fingerprint density at radius 3 is 2.29 bits per heavy atom. The summed E-state index contributed by atoms with van der Waals surface area (Å²) in [5.41, 5.74) is 5.45. The van der Waals surface area contributed by atoms with Crippen molar-refractivity contribution >= 4 is 33.3 Å². The molecule has 1 saturated heterocycles. The van der Waals surface area contributed by atoms with Gasteiger partial charge in [0.15, 0.2) is 5.11 Å². The van der Waals surface area contributed by atoms with Crippen molar-refractivity contribution < 1.29 is 13.2 Å². The SMILES string of the molecule is CCCNC(=S)N1CCN(S(=O)(=O)c2ccc(C(N)=O)cc2)CC1. The van der Waals surface area contributed by atoms with Crippen LogP contribution in [-0.4, -0.2) is 61.4 Å². The highest BCUT2D eigenvalue weighted by Crippen LogP contribution is 2.18. The summed E-state index contributed by atoms with van der Waals surface area (Å²) in [4.78, 5) is 13.2. The lowest BCUT2D eigenvalue weighted by molar-refractivity contribution is 0.1000. The van der Waals surface area contributed by atoms with Crippen LogP contribution in [0.15, 0.2) is 29.2 Å². The molecule has 0 aromatic heterocycles. The number of thiocarbonyl (C=S) groups is 1. The van der Waals surface area contributed by atoms with Gasteiger partial charge in [0.25, 0.3) is 0 Å². The van der Waals surface area contributed by atoms with E-state index in [0.717, 1.165) is 13.0 Å². The van der Waals surface area contributed by atoms with Gasteiger partial charge in [-0.2, -0.15) is 4.31 Å². The first-order valence-corrected chi connectivity index (χ1v) is 9.64. The molecule has 24 heavy (non-hydrogen) atoms. The molecule has 1 amide bonds. The Hall–Kier alpha value is -1.71. The molecule has 0 unspecified atom stereocenters. The molecule has 0 radical (unpaired) electrons. The van der Waals surface area contributed by atoms with E-state index in [4.69, 9.17) is 18.0 Å². The van der Waals surface area contributed by atoms with Crippen molar-refractivity contribution in [3.63, 3.8) is 0 Å². The minimum absolute atomic E-state index is 0.160. The molecule has 3 N–H and O–H groups in total. The van der Waals surface area contributed by atoms with Crippen molar-refractivity contribution in [2.24, 2.45) is 5.73 Å². The molecule has 0 bridgehead atoms. The van der Waals surface area contributed by atoms with E-state index in [-0.39, 0.29) is 10.5 Å². The summed E-state index contributed by atoms with van der Waals surface area (Å²) < 4.78 is 26.8. The molecule has 7 nitrogen and oxygen atoms in total. The second-order valence-electron chi connectivity index (χ2n) is 5.51. The van der Waals surface area contributed by atoms with Crippen molar-refractivity contribution in [3.8, 4) is 0 Å². The van der Waals surface area contributed by atoms with Crippen LogP contribution in [0.25, 0.3) is 0 Å². The normalized spacial score (nSPS) is 16.0. The number of carbonyl (C=O) groups excluding carboxylic acids is 1. The summed E-state index contributed by atoms with van der Waals surface area (Å²) in [6.07, 6.45) is 0.982. The Morgan fingerprint density at radius 2 is 1.79 bits per heavy atom. The van der Waals surface area contributed by atoms with E-state index >= 15 is 0 Å². The molecule has 0 spiro atoms. The summed E-state index contributed by atoms with van der Waals surface area (Å²) in [5.74, 6) is -0.583. The third-order valence-corrected chi connectivity index (χ3v) is 6.14. The van der Waals surface area contributed by atoms with E-state index in [1.807, 2.05) is 4.90 Å². The standard InChI is InChI=1S/C15H22N4O3S2/c1-2-7-17-15(23)18-8-10-19(11-9-18)24(21,22)13-5-3-12(4-6-13)14(16)20/h3-6H,2,7-11H2,1H3,(H2,16,20)(H,17,23). The second kappa shape index (κ2) is 7.91. The van der Waals surface area contributed by atoms with Crippen LogP contribution in [0.2, 0.25) is 0 Å². The van der Waals surface area contributed by atoms with Gasteiger partial charge in [-0.05, 0) is 42.9 Å². The molecule has 0 atom stereocenters. The monoisotopic (exact) mass is 370 g/mol. The number of primary amides is 1. The largest absolute Gasteiger partial charge is 0.366 e. The molecule has 9 heteroatoms. The fourth-order valence-electron chi connectivity index (χ4n) is 2.42. The van der Waals surface area contributed by atoms with Crippen molar-refractivity contribution in [1.29, 1.82) is 0 Å². The maximum atomic E-state index is 12.7. The highest BCUT2D eigenvalue weighted by atomic mass is 32.2. The number of benzene rings is 1. The summed E-state index contributed by atoms with van der Waals surface area (Å²) in [6, 6.07) is 5.68. The number of sulfonamides is 1. The van der Waals surface area contributed by atoms with Gasteiger partial charge in [-0.25, -0.2) is 8.42 Å². The Morgan fingerprint density at radius 1 is 1.21 bits per heavy atom.